The topological polar surface area (TPSA) is 72.8 Å². The van der Waals surface area contributed by atoms with Gasteiger partial charge in [-0.25, -0.2) is 4.79 Å². The zero-order valence-electron chi connectivity index (χ0n) is 15.0. The quantitative estimate of drug-likeness (QED) is 0.583. The Morgan fingerprint density at radius 2 is 1.96 bits per heavy atom. The zero-order valence-corrected chi connectivity index (χ0v) is 15.0. The molecular weight excluding hydrogens is 320 g/mol. The molecule has 1 N–H and O–H groups in total. The Hall–Kier alpha value is -1.20. The standard InChI is InChI=1S/C20H26O5/c1-12-14(21)17-8-5-13-19(23)6-4-7-20(13,25-15(19)22)16(17,2)9-10-18(12,11-17)24-3/h13,23H,1,4-11H2,2-3H3/t13-,16+,17+,18+,19-,20+/m1/s1. The third-order valence-corrected chi connectivity index (χ3v) is 8.99. The molecule has 0 amide bonds. The summed E-state index contributed by atoms with van der Waals surface area (Å²) in [5.41, 5.74) is -3.12. The molecule has 0 radical (unpaired) electrons. The number of esters is 1. The number of carbonyl (C=O) groups excluding carboxylic acids is 2. The van der Waals surface area contributed by atoms with E-state index in [0.717, 1.165) is 25.7 Å². The lowest BCUT2D eigenvalue weighted by Crippen LogP contribution is -2.68. The maximum absolute atomic E-state index is 13.4. The molecule has 1 saturated heterocycles. The minimum absolute atomic E-state index is 0.0965. The third-order valence-electron chi connectivity index (χ3n) is 8.99. The predicted octanol–water partition coefficient (Wildman–Crippen LogP) is 2.31. The number of ether oxygens (including phenoxy) is 2. The van der Waals surface area contributed by atoms with Gasteiger partial charge in [0.1, 0.15) is 5.60 Å². The molecule has 0 unspecified atom stereocenters. The minimum atomic E-state index is -1.36. The highest BCUT2D eigenvalue weighted by Crippen LogP contribution is 2.76. The van der Waals surface area contributed by atoms with Crippen LogP contribution in [0.2, 0.25) is 0 Å². The summed E-state index contributed by atoms with van der Waals surface area (Å²) in [7, 11) is 1.67. The van der Waals surface area contributed by atoms with E-state index in [1.165, 1.54) is 0 Å². The number of fused-ring (bicyclic) bond motifs is 1. The molecule has 5 aliphatic rings. The van der Waals surface area contributed by atoms with E-state index in [4.69, 9.17) is 9.47 Å². The van der Waals surface area contributed by atoms with Crippen LogP contribution in [0, 0.1) is 16.7 Å². The lowest BCUT2D eigenvalue weighted by Gasteiger charge is -2.64. The van der Waals surface area contributed by atoms with E-state index in [-0.39, 0.29) is 11.7 Å². The summed E-state index contributed by atoms with van der Waals surface area (Å²) < 4.78 is 11.9. The van der Waals surface area contributed by atoms with E-state index >= 15 is 0 Å². The maximum atomic E-state index is 13.4. The van der Waals surface area contributed by atoms with Crippen molar-refractivity contribution in [3.05, 3.63) is 12.2 Å². The van der Waals surface area contributed by atoms with Crippen molar-refractivity contribution in [3.63, 3.8) is 0 Å². The van der Waals surface area contributed by atoms with Crippen LogP contribution in [0.5, 0.6) is 0 Å². The van der Waals surface area contributed by atoms with Crippen LogP contribution in [0.3, 0.4) is 0 Å². The van der Waals surface area contributed by atoms with Crippen molar-refractivity contribution < 1.29 is 24.2 Å². The number of hydrogen-bond donors (Lipinski definition) is 1. The van der Waals surface area contributed by atoms with E-state index in [0.29, 0.717) is 31.3 Å². The van der Waals surface area contributed by atoms with E-state index in [1.807, 2.05) is 0 Å². The molecule has 4 saturated carbocycles. The van der Waals surface area contributed by atoms with Gasteiger partial charge in [-0.2, -0.15) is 0 Å². The molecule has 4 bridgehead atoms. The van der Waals surface area contributed by atoms with Gasteiger partial charge in [-0.05, 0) is 51.4 Å². The van der Waals surface area contributed by atoms with Crippen molar-refractivity contribution in [1.82, 2.24) is 0 Å². The molecule has 4 aliphatic carbocycles. The molecule has 1 spiro atoms. The molecule has 1 aliphatic heterocycles. The molecule has 0 aromatic heterocycles. The summed E-state index contributed by atoms with van der Waals surface area (Å²) in [5.74, 6) is -0.575. The fourth-order valence-electron chi connectivity index (χ4n) is 7.55. The first kappa shape index (κ1) is 16.0. The predicted molar refractivity (Wildman–Crippen MR) is 88.6 cm³/mol. The second-order valence-corrected chi connectivity index (χ2v) is 9.25. The Labute approximate surface area is 147 Å². The highest BCUT2D eigenvalue weighted by Gasteiger charge is 2.82. The van der Waals surface area contributed by atoms with E-state index in [2.05, 4.69) is 13.5 Å². The Balaban J connectivity index is 1.71. The van der Waals surface area contributed by atoms with Crippen LogP contribution in [-0.2, 0) is 19.1 Å². The van der Waals surface area contributed by atoms with Gasteiger partial charge in [-0.1, -0.05) is 13.5 Å². The largest absolute Gasteiger partial charge is 0.456 e. The van der Waals surface area contributed by atoms with Crippen LogP contribution in [0.1, 0.15) is 58.3 Å². The van der Waals surface area contributed by atoms with Gasteiger partial charge in [0.05, 0.1) is 5.60 Å². The molecule has 136 valence electrons. The highest BCUT2D eigenvalue weighted by atomic mass is 16.6. The van der Waals surface area contributed by atoms with Gasteiger partial charge in [0, 0.05) is 29.4 Å². The molecular formula is C20H26O5. The smallest absolute Gasteiger partial charge is 0.339 e. The fourth-order valence-corrected chi connectivity index (χ4v) is 7.55. The van der Waals surface area contributed by atoms with Crippen LogP contribution >= 0.6 is 0 Å². The second-order valence-electron chi connectivity index (χ2n) is 9.25. The Kier molecular flexibility index (Phi) is 2.69. The number of hydrogen-bond acceptors (Lipinski definition) is 5. The van der Waals surface area contributed by atoms with Crippen LogP contribution in [-0.4, -0.2) is 40.8 Å². The Morgan fingerprint density at radius 1 is 1.20 bits per heavy atom. The molecule has 0 aromatic carbocycles. The summed E-state index contributed by atoms with van der Waals surface area (Å²) in [6, 6.07) is 0. The van der Waals surface area contributed by atoms with Gasteiger partial charge < -0.3 is 14.6 Å². The number of methoxy groups -OCH3 is 1. The zero-order chi connectivity index (χ0) is 17.9. The summed E-state index contributed by atoms with van der Waals surface area (Å²) in [4.78, 5) is 26.1. The molecule has 5 fully saturated rings. The SMILES string of the molecule is C=C1C(=O)[C@@]23CC[C@H]4[C@@]5(CCC[C@]4(O)C(=O)O5)[C@@]2(C)CC[C@]1(OC)C3. The van der Waals surface area contributed by atoms with Crippen LogP contribution in [0.4, 0.5) is 0 Å². The molecule has 25 heavy (non-hydrogen) atoms. The lowest BCUT2D eigenvalue weighted by atomic mass is 9.40. The van der Waals surface area contributed by atoms with Crippen LogP contribution in [0.25, 0.3) is 0 Å². The monoisotopic (exact) mass is 346 g/mol. The van der Waals surface area contributed by atoms with Crippen LogP contribution < -0.4 is 0 Å². The highest BCUT2D eigenvalue weighted by molar-refractivity contribution is 6.05. The first-order valence-corrected chi connectivity index (χ1v) is 9.47. The number of ketones is 1. The van der Waals surface area contributed by atoms with Gasteiger partial charge >= 0.3 is 5.97 Å². The van der Waals surface area contributed by atoms with Gasteiger partial charge in [0.25, 0.3) is 0 Å². The Morgan fingerprint density at radius 3 is 2.68 bits per heavy atom. The number of carbonyl (C=O) groups is 2. The van der Waals surface area contributed by atoms with Crippen LogP contribution in [0.15, 0.2) is 12.2 Å². The maximum Gasteiger partial charge on any atom is 0.339 e. The second kappa shape index (κ2) is 4.20. The van der Waals surface area contributed by atoms with Gasteiger partial charge in [0.2, 0.25) is 0 Å². The first-order chi connectivity index (χ1) is 11.7. The molecule has 5 nitrogen and oxygen atoms in total. The van der Waals surface area contributed by atoms with Crippen molar-refractivity contribution in [1.29, 1.82) is 0 Å². The average Bonchev–Trinajstić information content (AvgIpc) is 2.85. The first-order valence-electron chi connectivity index (χ1n) is 9.47. The number of rotatable bonds is 1. The van der Waals surface area contributed by atoms with Crippen molar-refractivity contribution in [2.75, 3.05) is 7.11 Å². The lowest BCUT2D eigenvalue weighted by molar-refractivity contribution is -0.235. The van der Waals surface area contributed by atoms with Crippen molar-refractivity contribution in [2.24, 2.45) is 16.7 Å². The minimum Gasteiger partial charge on any atom is -0.456 e. The molecule has 6 atom stereocenters. The van der Waals surface area contributed by atoms with Gasteiger partial charge in [-0.15, -0.1) is 0 Å². The third kappa shape index (κ3) is 1.34. The van der Waals surface area contributed by atoms with E-state index in [9.17, 15) is 14.7 Å². The molecule has 5 rings (SSSR count). The van der Waals surface area contributed by atoms with E-state index in [1.54, 1.807) is 7.11 Å². The normalized spacial score (nSPS) is 56.4. The Bertz CT molecular complexity index is 730. The summed E-state index contributed by atoms with van der Waals surface area (Å²) in [6.07, 6.45) is 5.41. The molecule has 0 aromatic rings. The van der Waals surface area contributed by atoms with Crippen molar-refractivity contribution in [3.8, 4) is 0 Å². The van der Waals surface area contributed by atoms with Crippen molar-refractivity contribution >= 4 is 11.8 Å². The summed E-state index contributed by atoms with van der Waals surface area (Å²) in [6.45, 7) is 6.22. The molecule has 1 heterocycles. The molecule has 5 heteroatoms. The number of Topliss-reactive ketones (excluding diaryl/α,β-unsaturated/α-hetero) is 1. The summed E-state index contributed by atoms with van der Waals surface area (Å²) in [5, 5.41) is 11.1. The number of aliphatic hydroxyl groups is 1. The van der Waals surface area contributed by atoms with E-state index < -0.39 is 33.6 Å². The average molecular weight is 346 g/mol. The van der Waals surface area contributed by atoms with Gasteiger partial charge in [-0.3, -0.25) is 4.79 Å². The fraction of sp³-hybridized carbons (Fsp3) is 0.800. The van der Waals surface area contributed by atoms with Crippen molar-refractivity contribution in [2.45, 2.75) is 75.1 Å². The van der Waals surface area contributed by atoms with Gasteiger partial charge in [0.15, 0.2) is 11.4 Å². The summed E-state index contributed by atoms with van der Waals surface area (Å²) >= 11 is 0.